The Bertz CT molecular complexity index is 1370. The molecule has 1 unspecified atom stereocenters. The Balaban J connectivity index is 1.59. The first-order valence-corrected chi connectivity index (χ1v) is 12.7. The number of nitrogens with zero attached hydrogens (tertiary/aromatic N) is 2. The highest BCUT2D eigenvalue weighted by molar-refractivity contribution is 5.97. The summed E-state index contributed by atoms with van der Waals surface area (Å²) < 4.78 is 0. The van der Waals surface area contributed by atoms with Crippen LogP contribution in [-0.4, -0.2) is 10.8 Å². The topological polar surface area (TPSA) is 53.8 Å². The summed E-state index contributed by atoms with van der Waals surface area (Å²) in [6.45, 7) is 4.26. The van der Waals surface area contributed by atoms with Gasteiger partial charge in [-0.3, -0.25) is 9.78 Å². The molecule has 0 spiro atoms. The number of benzene rings is 3. The van der Waals surface area contributed by atoms with Crippen LogP contribution in [0.3, 0.4) is 0 Å². The minimum Gasteiger partial charge on any atom is -0.294 e. The van der Waals surface area contributed by atoms with Crippen molar-refractivity contribution in [1.29, 1.82) is 5.26 Å². The highest BCUT2D eigenvalue weighted by Gasteiger charge is 2.20. The van der Waals surface area contributed by atoms with Crippen molar-refractivity contribution in [3.8, 4) is 17.3 Å². The van der Waals surface area contributed by atoms with Gasteiger partial charge < -0.3 is 0 Å². The smallest absolute Gasteiger partial charge is 0.164 e. The molecule has 0 N–H and O–H groups in total. The molecule has 4 aromatic rings. The van der Waals surface area contributed by atoms with Crippen LogP contribution in [0.4, 0.5) is 0 Å². The van der Waals surface area contributed by atoms with Gasteiger partial charge in [0.2, 0.25) is 0 Å². The van der Waals surface area contributed by atoms with Crippen LogP contribution in [0, 0.1) is 18.3 Å². The number of hydrogen-bond donors (Lipinski definition) is 0. The molecular weight excluding hydrogens is 440 g/mol. The van der Waals surface area contributed by atoms with Gasteiger partial charge in [-0.05, 0) is 67.9 Å². The lowest BCUT2D eigenvalue weighted by Gasteiger charge is -2.17. The van der Waals surface area contributed by atoms with Gasteiger partial charge in [0, 0.05) is 17.5 Å². The predicted octanol–water partition coefficient (Wildman–Crippen LogP) is 7.87. The molecule has 1 heterocycles. The quantitative estimate of drug-likeness (QED) is 0.221. The van der Waals surface area contributed by atoms with E-state index in [1.165, 1.54) is 16.7 Å². The maximum atomic E-state index is 13.4. The minimum absolute atomic E-state index is 0.104. The van der Waals surface area contributed by atoms with Crippen LogP contribution < -0.4 is 0 Å². The molecular formula is C33H32N2O. The molecule has 0 aliphatic rings. The van der Waals surface area contributed by atoms with E-state index < -0.39 is 0 Å². The van der Waals surface area contributed by atoms with Crippen molar-refractivity contribution < 1.29 is 4.79 Å². The highest BCUT2D eigenvalue weighted by atomic mass is 16.1. The molecule has 0 radical (unpaired) electrons. The molecule has 4 rings (SSSR count). The molecule has 1 atom stereocenters. The van der Waals surface area contributed by atoms with Crippen LogP contribution in [0.2, 0.25) is 0 Å². The Morgan fingerprint density at radius 2 is 1.64 bits per heavy atom. The fraction of sp³-hybridized carbons (Fsp3) is 0.242. The lowest BCUT2D eigenvalue weighted by atomic mass is 9.91. The predicted molar refractivity (Wildman–Crippen MR) is 146 cm³/mol. The molecule has 3 nitrogen and oxygen atoms in total. The Morgan fingerprint density at radius 1 is 0.889 bits per heavy atom. The highest BCUT2D eigenvalue weighted by Crippen LogP contribution is 2.29. The monoisotopic (exact) mass is 472 g/mol. The molecule has 1 aromatic heterocycles. The Kier molecular flexibility index (Phi) is 8.42. The molecule has 3 heteroatoms. The lowest BCUT2D eigenvalue weighted by Crippen LogP contribution is -2.11. The molecule has 0 fully saturated rings. The zero-order valence-electron chi connectivity index (χ0n) is 21.1. The van der Waals surface area contributed by atoms with Crippen molar-refractivity contribution in [3.05, 3.63) is 125 Å². The zero-order valence-corrected chi connectivity index (χ0v) is 21.1. The summed E-state index contributed by atoms with van der Waals surface area (Å²) in [6, 6.07) is 32.4. The molecule has 0 aliphatic carbocycles. The molecule has 0 amide bonds. The first-order valence-electron chi connectivity index (χ1n) is 12.7. The van der Waals surface area contributed by atoms with E-state index in [2.05, 4.69) is 56.3 Å². The van der Waals surface area contributed by atoms with Crippen molar-refractivity contribution in [2.24, 2.45) is 0 Å². The molecule has 0 bridgehead atoms. The van der Waals surface area contributed by atoms with Crippen LogP contribution in [0.15, 0.2) is 91.0 Å². The van der Waals surface area contributed by atoms with Crippen molar-refractivity contribution in [2.45, 2.75) is 51.9 Å². The maximum Gasteiger partial charge on any atom is 0.164 e. The average molecular weight is 473 g/mol. The van der Waals surface area contributed by atoms with E-state index in [9.17, 15) is 10.1 Å². The molecule has 0 aliphatic heterocycles. The van der Waals surface area contributed by atoms with Crippen LogP contribution in [0.5, 0.6) is 0 Å². The van der Waals surface area contributed by atoms with Gasteiger partial charge in [-0.15, -0.1) is 0 Å². The van der Waals surface area contributed by atoms with Gasteiger partial charge in [0.15, 0.2) is 5.78 Å². The average Bonchev–Trinajstić information content (AvgIpc) is 2.92. The fourth-order valence-corrected chi connectivity index (χ4v) is 4.66. The Hall–Kier alpha value is -4.03. The summed E-state index contributed by atoms with van der Waals surface area (Å²) in [6.07, 6.45) is 3.99. The molecule has 180 valence electrons. The third-order valence-corrected chi connectivity index (χ3v) is 6.68. The van der Waals surface area contributed by atoms with Gasteiger partial charge in [0.05, 0.1) is 23.0 Å². The van der Waals surface area contributed by atoms with Gasteiger partial charge in [-0.25, -0.2) is 0 Å². The Labute approximate surface area is 214 Å². The van der Waals surface area contributed by atoms with Gasteiger partial charge >= 0.3 is 0 Å². The number of pyridine rings is 1. The second-order valence-corrected chi connectivity index (χ2v) is 9.48. The number of Topliss-reactive ketones (excluding diaryl/α,β-unsaturated/α-hetero) is 1. The standard InChI is InChI=1S/C33H32N2O/c1-24-10-8-14-27(22-24)19-18-25(2)33-30(32(36)17-9-13-26-11-4-3-5-12-26)20-21-31(35-33)29-16-7-6-15-28(29)23-34/h3-8,10-12,14-16,20-22,25H,9,13,17-19H2,1-2H3. The molecule has 36 heavy (non-hydrogen) atoms. The van der Waals surface area contributed by atoms with Gasteiger partial charge in [-0.1, -0.05) is 85.3 Å². The number of hydrogen-bond acceptors (Lipinski definition) is 3. The number of aryl methyl sites for hydroxylation is 3. The summed E-state index contributed by atoms with van der Waals surface area (Å²) in [4.78, 5) is 18.4. The van der Waals surface area contributed by atoms with Crippen molar-refractivity contribution >= 4 is 5.78 Å². The van der Waals surface area contributed by atoms with Crippen LogP contribution in [-0.2, 0) is 12.8 Å². The van der Waals surface area contributed by atoms with Crippen LogP contribution in [0.1, 0.15) is 70.4 Å². The van der Waals surface area contributed by atoms with Gasteiger partial charge in [-0.2, -0.15) is 5.26 Å². The summed E-state index contributed by atoms with van der Waals surface area (Å²) in [5.74, 6) is 0.240. The van der Waals surface area contributed by atoms with Gasteiger partial charge in [0.1, 0.15) is 0 Å². The van der Waals surface area contributed by atoms with E-state index in [1.807, 2.05) is 48.5 Å². The SMILES string of the molecule is Cc1cccc(CCC(C)c2nc(-c3ccccc3C#N)ccc2C(=O)CCCc2ccccc2)c1. The third-order valence-electron chi connectivity index (χ3n) is 6.68. The van der Waals surface area contributed by atoms with E-state index in [-0.39, 0.29) is 11.7 Å². The van der Waals surface area contributed by atoms with E-state index in [0.29, 0.717) is 17.5 Å². The second-order valence-electron chi connectivity index (χ2n) is 9.48. The summed E-state index contributed by atoms with van der Waals surface area (Å²) >= 11 is 0. The number of aromatic nitrogens is 1. The van der Waals surface area contributed by atoms with Crippen molar-refractivity contribution in [3.63, 3.8) is 0 Å². The van der Waals surface area contributed by atoms with E-state index in [0.717, 1.165) is 42.6 Å². The largest absolute Gasteiger partial charge is 0.294 e. The van der Waals surface area contributed by atoms with E-state index in [1.54, 1.807) is 6.07 Å². The Morgan fingerprint density at radius 3 is 2.42 bits per heavy atom. The summed E-state index contributed by atoms with van der Waals surface area (Å²) in [7, 11) is 0. The van der Waals surface area contributed by atoms with Crippen molar-refractivity contribution in [1.82, 2.24) is 4.98 Å². The normalized spacial score (nSPS) is 11.6. The van der Waals surface area contributed by atoms with Crippen molar-refractivity contribution in [2.75, 3.05) is 0 Å². The summed E-state index contributed by atoms with van der Waals surface area (Å²) in [5, 5.41) is 9.59. The van der Waals surface area contributed by atoms with E-state index >= 15 is 0 Å². The maximum absolute atomic E-state index is 13.4. The zero-order chi connectivity index (χ0) is 25.3. The fourth-order valence-electron chi connectivity index (χ4n) is 4.66. The number of nitriles is 1. The molecule has 0 saturated carbocycles. The first kappa shape index (κ1) is 25.1. The number of carbonyl (C=O) groups is 1. The van der Waals surface area contributed by atoms with Crippen LogP contribution >= 0.6 is 0 Å². The van der Waals surface area contributed by atoms with E-state index in [4.69, 9.17) is 4.98 Å². The minimum atomic E-state index is 0.104. The summed E-state index contributed by atoms with van der Waals surface area (Å²) in [5.41, 5.74) is 7.46. The molecule has 3 aromatic carbocycles. The number of ketones is 1. The number of carbonyl (C=O) groups excluding carboxylic acids is 1. The van der Waals surface area contributed by atoms with Crippen LogP contribution in [0.25, 0.3) is 11.3 Å². The third kappa shape index (κ3) is 6.34. The van der Waals surface area contributed by atoms with Gasteiger partial charge in [0.25, 0.3) is 0 Å². The molecule has 0 saturated heterocycles. The first-order chi connectivity index (χ1) is 17.5. The second kappa shape index (κ2) is 12.1. The number of rotatable bonds is 10. The lowest BCUT2D eigenvalue weighted by molar-refractivity contribution is 0.0978.